The molecule has 0 aliphatic carbocycles. The summed E-state index contributed by atoms with van der Waals surface area (Å²) in [5.74, 6) is 0.213. The predicted molar refractivity (Wildman–Crippen MR) is 151 cm³/mol. The largest absolute Gasteiger partial charge is 0.461 e. The maximum absolute atomic E-state index is 13.6. The molecule has 0 spiro atoms. The van der Waals surface area contributed by atoms with E-state index in [9.17, 15) is 14.4 Å². The van der Waals surface area contributed by atoms with E-state index in [0.29, 0.717) is 29.8 Å². The zero-order valence-corrected chi connectivity index (χ0v) is 22.5. The Balaban J connectivity index is 1.40. The Morgan fingerprint density at radius 2 is 1.80 bits per heavy atom. The highest BCUT2D eigenvalue weighted by Crippen LogP contribution is 2.23. The van der Waals surface area contributed by atoms with Crippen molar-refractivity contribution in [1.82, 2.24) is 15.1 Å². The van der Waals surface area contributed by atoms with E-state index in [1.165, 1.54) is 0 Å². The number of furan rings is 1. The Kier molecular flexibility index (Phi) is 8.10. The molecule has 10 nitrogen and oxygen atoms in total. The van der Waals surface area contributed by atoms with Crippen molar-refractivity contribution in [2.75, 3.05) is 31.5 Å². The third-order valence-electron chi connectivity index (χ3n) is 7.23. The number of nitrogens with zero attached hydrogens (tertiary/aromatic N) is 4. The minimum Gasteiger partial charge on any atom is -0.461 e. The predicted octanol–water partition coefficient (Wildman–Crippen LogP) is 3.81. The van der Waals surface area contributed by atoms with Crippen LogP contribution in [0, 0.1) is 18.3 Å². The van der Waals surface area contributed by atoms with Crippen LogP contribution in [0.15, 0.2) is 57.9 Å². The van der Waals surface area contributed by atoms with Crippen LogP contribution in [-0.4, -0.2) is 65.7 Å². The maximum Gasteiger partial charge on any atom is 0.257 e. The lowest BCUT2D eigenvalue weighted by Crippen LogP contribution is -2.45. The molecule has 2 fully saturated rings. The van der Waals surface area contributed by atoms with Gasteiger partial charge < -0.3 is 19.5 Å². The van der Waals surface area contributed by atoms with Crippen LogP contribution in [0.5, 0.6) is 0 Å². The first-order chi connectivity index (χ1) is 19.4. The number of fused-ring (bicyclic) bond motifs is 1. The van der Waals surface area contributed by atoms with E-state index in [1.54, 1.807) is 29.2 Å². The summed E-state index contributed by atoms with van der Waals surface area (Å²) >= 11 is 0. The number of nitriles is 1. The average molecular weight is 541 g/mol. The van der Waals surface area contributed by atoms with Crippen LogP contribution < -0.4 is 10.6 Å². The molecule has 0 saturated carbocycles. The smallest absolute Gasteiger partial charge is 0.257 e. The van der Waals surface area contributed by atoms with E-state index in [-0.39, 0.29) is 24.3 Å². The number of hydrogen-bond acceptors (Lipinski definition) is 6. The highest BCUT2D eigenvalue weighted by molar-refractivity contribution is 6.11. The van der Waals surface area contributed by atoms with E-state index in [1.807, 2.05) is 42.2 Å². The summed E-state index contributed by atoms with van der Waals surface area (Å²) < 4.78 is 5.67. The van der Waals surface area contributed by atoms with Gasteiger partial charge >= 0.3 is 0 Å². The van der Waals surface area contributed by atoms with Gasteiger partial charge in [-0.25, -0.2) is 4.99 Å². The first-order valence-corrected chi connectivity index (χ1v) is 13.6. The zero-order valence-electron chi connectivity index (χ0n) is 22.5. The van der Waals surface area contributed by atoms with Crippen LogP contribution in [0.4, 0.5) is 5.69 Å². The Bertz CT molecular complexity index is 1480. The Morgan fingerprint density at radius 3 is 2.55 bits per heavy atom. The van der Waals surface area contributed by atoms with Crippen molar-refractivity contribution < 1.29 is 18.8 Å². The fraction of sp³-hybridized carbons (Fsp3) is 0.367. The third-order valence-corrected chi connectivity index (χ3v) is 7.23. The minimum atomic E-state index is -0.752. The molecule has 3 heterocycles. The van der Waals surface area contributed by atoms with Crippen LogP contribution in [0.1, 0.15) is 53.8 Å². The molecule has 2 aliphatic rings. The van der Waals surface area contributed by atoms with Gasteiger partial charge in [0.1, 0.15) is 17.4 Å². The molecule has 206 valence electrons. The third kappa shape index (κ3) is 6.31. The molecule has 0 bridgehead atoms. The minimum absolute atomic E-state index is 0.0355. The van der Waals surface area contributed by atoms with Crippen molar-refractivity contribution in [3.05, 3.63) is 65.4 Å². The van der Waals surface area contributed by atoms with Gasteiger partial charge in [0.05, 0.1) is 18.2 Å². The fourth-order valence-electron chi connectivity index (χ4n) is 5.11. The standard InChI is InChI=1S/C30H32N6O4/c1-20-16-23-17-24(11-12-26(23)40-20)32-30(34-28(38)22-9-7-21(18-31)8-10-22)33-25-6-2-3-15-36(29(25)39)19-27(37)35-13-4-5-14-35/h7-12,16-17,25H,2-6,13-15,19H2,1H3,(H2,32,33,34,38). The number of amides is 3. The summed E-state index contributed by atoms with van der Waals surface area (Å²) in [5.41, 5.74) is 2.19. The second-order valence-electron chi connectivity index (χ2n) is 10.2. The number of aryl methyl sites for hydroxylation is 1. The van der Waals surface area contributed by atoms with E-state index >= 15 is 0 Å². The molecule has 2 saturated heterocycles. The topological polar surface area (TPSA) is 131 Å². The van der Waals surface area contributed by atoms with Crippen molar-refractivity contribution in [3.8, 4) is 6.07 Å². The lowest BCUT2D eigenvalue weighted by molar-refractivity contribution is -0.140. The number of hydrogen-bond donors (Lipinski definition) is 2. The number of aliphatic imine (C=N–C) groups is 1. The van der Waals surface area contributed by atoms with Crippen LogP contribution in [-0.2, 0) is 9.59 Å². The zero-order chi connectivity index (χ0) is 28.1. The van der Waals surface area contributed by atoms with Crippen LogP contribution in [0.2, 0.25) is 0 Å². The van der Waals surface area contributed by atoms with Gasteiger partial charge in [-0.2, -0.15) is 5.26 Å². The Morgan fingerprint density at radius 1 is 1.05 bits per heavy atom. The second kappa shape index (κ2) is 12.0. The number of carbonyl (C=O) groups is 3. The quantitative estimate of drug-likeness (QED) is 0.374. The molecule has 1 unspecified atom stereocenters. The number of nitrogens with one attached hydrogen (secondary N) is 2. The lowest BCUT2D eigenvalue weighted by atomic mass is 10.1. The van der Waals surface area contributed by atoms with Gasteiger partial charge in [-0.15, -0.1) is 0 Å². The van der Waals surface area contributed by atoms with Crippen molar-refractivity contribution in [3.63, 3.8) is 0 Å². The molecule has 0 radical (unpaired) electrons. The summed E-state index contributed by atoms with van der Waals surface area (Å²) in [4.78, 5) is 47.6. The molecule has 2 N–H and O–H groups in total. The maximum atomic E-state index is 13.6. The van der Waals surface area contributed by atoms with Gasteiger partial charge in [-0.1, -0.05) is 0 Å². The molecule has 3 aromatic rings. The number of likely N-dealkylation sites (tertiary alicyclic amines) is 2. The molecular weight excluding hydrogens is 508 g/mol. The van der Waals surface area contributed by atoms with Gasteiger partial charge in [0.25, 0.3) is 5.91 Å². The molecule has 1 aromatic heterocycles. The van der Waals surface area contributed by atoms with E-state index < -0.39 is 11.9 Å². The van der Waals surface area contributed by atoms with Gasteiger partial charge in [0, 0.05) is 36.3 Å². The molecule has 5 rings (SSSR count). The van der Waals surface area contributed by atoms with Crippen molar-refractivity contribution in [2.45, 2.75) is 45.1 Å². The normalized spacial score (nSPS) is 17.9. The van der Waals surface area contributed by atoms with Gasteiger partial charge in [0.15, 0.2) is 0 Å². The van der Waals surface area contributed by atoms with Gasteiger partial charge in [-0.3, -0.25) is 19.7 Å². The Hall–Kier alpha value is -4.65. The molecule has 10 heteroatoms. The van der Waals surface area contributed by atoms with Gasteiger partial charge in [0.2, 0.25) is 17.8 Å². The summed E-state index contributed by atoms with van der Waals surface area (Å²) in [6.45, 7) is 3.88. The number of carbonyl (C=O) groups excluding carboxylic acids is 3. The summed E-state index contributed by atoms with van der Waals surface area (Å²) in [6.07, 6.45) is 4.04. The first kappa shape index (κ1) is 26.9. The van der Waals surface area contributed by atoms with Crippen LogP contribution in [0.3, 0.4) is 0 Å². The number of guanidine groups is 1. The second-order valence-corrected chi connectivity index (χ2v) is 10.2. The monoisotopic (exact) mass is 540 g/mol. The molecule has 40 heavy (non-hydrogen) atoms. The highest BCUT2D eigenvalue weighted by Gasteiger charge is 2.30. The molecule has 1 atom stereocenters. The number of anilines is 1. The molecule has 3 amide bonds. The molecular formula is C30H32N6O4. The average Bonchev–Trinajstić information content (AvgIpc) is 3.59. The van der Waals surface area contributed by atoms with Crippen molar-refractivity contribution in [1.29, 1.82) is 5.26 Å². The lowest BCUT2D eigenvalue weighted by Gasteiger charge is -2.25. The highest BCUT2D eigenvalue weighted by atomic mass is 16.3. The summed E-state index contributed by atoms with van der Waals surface area (Å²) in [6, 6.07) is 15.0. The number of rotatable bonds is 5. The fourth-order valence-corrected chi connectivity index (χ4v) is 5.11. The van der Waals surface area contributed by atoms with E-state index in [2.05, 4.69) is 10.6 Å². The molecule has 2 aliphatic heterocycles. The summed E-state index contributed by atoms with van der Waals surface area (Å²) in [7, 11) is 0. The van der Waals surface area contributed by atoms with E-state index in [4.69, 9.17) is 14.7 Å². The molecule has 2 aromatic carbocycles. The van der Waals surface area contributed by atoms with Crippen molar-refractivity contribution in [2.24, 2.45) is 4.99 Å². The summed E-state index contributed by atoms with van der Waals surface area (Å²) in [5, 5.41) is 15.9. The SMILES string of the molecule is Cc1cc2cc(NC(=NC3CCCCN(CC(=O)N4CCCC4)C3=O)NC(=O)c3ccc(C#N)cc3)ccc2o1. The van der Waals surface area contributed by atoms with Crippen LogP contribution >= 0.6 is 0 Å². The van der Waals surface area contributed by atoms with E-state index in [0.717, 1.165) is 55.5 Å². The first-order valence-electron chi connectivity index (χ1n) is 13.6. The van der Waals surface area contributed by atoms with Crippen molar-refractivity contribution >= 4 is 40.3 Å². The Labute approximate surface area is 232 Å². The van der Waals surface area contributed by atoms with Crippen LogP contribution in [0.25, 0.3) is 11.0 Å². The van der Waals surface area contributed by atoms with Gasteiger partial charge in [-0.05, 0) is 87.6 Å². The number of benzene rings is 2.